The van der Waals surface area contributed by atoms with Crippen LogP contribution in [0.1, 0.15) is 0 Å². The third-order valence-corrected chi connectivity index (χ3v) is 3.55. The number of nitrogens with one attached hydrogen (secondary N) is 1. The molecule has 2 aromatic carbocycles. The molecule has 21 heavy (non-hydrogen) atoms. The molecule has 0 aliphatic rings. The number of rotatable bonds is 2. The minimum absolute atomic E-state index is 0.102. The predicted molar refractivity (Wildman–Crippen MR) is 85.3 cm³/mol. The van der Waals surface area contributed by atoms with Gasteiger partial charge in [0.05, 0.1) is 22.6 Å². The molecule has 0 aliphatic carbocycles. The number of fused-ring (bicyclic) bond motifs is 1. The number of nitrogen functional groups attached to an aromatic ring is 2. The van der Waals surface area contributed by atoms with Crippen LogP contribution < -0.4 is 16.8 Å². The van der Waals surface area contributed by atoms with Gasteiger partial charge in [-0.15, -0.1) is 0 Å². The highest BCUT2D eigenvalue weighted by atomic mass is 35.5. The first kappa shape index (κ1) is 13.5. The molecule has 1 aromatic heterocycles. The van der Waals surface area contributed by atoms with E-state index in [1.165, 1.54) is 6.07 Å². The van der Waals surface area contributed by atoms with E-state index < -0.39 is 5.82 Å². The van der Waals surface area contributed by atoms with Gasteiger partial charge in [-0.25, -0.2) is 4.39 Å². The average molecular weight is 303 g/mol. The Morgan fingerprint density at radius 3 is 2.71 bits per heavy atom. The van der Waals surface area contributed by atoms with E-state index in [1.807, 2.05) is 30.3 Å². The molecule has 5 N–H and O–H groups in total. The Morgan fingerprint density at radius 2 is 1.90 bits per heavy atom. The van der Waals surface area contributed by atoms with Gasteiger partial charge in [0.25, 0.3) is 0 Å². The molecule has 0 radical (unpaired) electrons. The van der Waals surface area contributed by atoms with E-state index in [0.29, 0.717) is 5.69 Å². The van der Waals surface area contributed by atoms with Crippen LogP contribution in [0.5, 0.6) is 0 Å². The lowest BCUT2D eigenvalue weighted by Gasteiger charge is -2.14. The van der Waals surface area contributed by atoms with Gasteiger partial charge in [0.2, 0.25) is 0 Å². The molecule has 106 valence electrons. The van der Waals surface area contributed by atoms with Gasteiger partial charge in [0.15, 0.2) is 5.82 Å². The lowest BCUT2D eigenvalue weighted by molar-refractivity contribution is 0.633. The number of hydrogen-bond donors (Lipinski definition) is 3. The van der Waals surface area contributed by atoms with E-state index in [0.717, 1.165) is 10.9 Å². The van der Waals surface area contributed by atoms with Crippen molar-refractivity contribution >= 4 is 45.3 Å². The Kier molecular flexibility index (Phi) is 3.27. The first-order chi connectivity index (χ1) is 10.1. The summed E-state index contributed by atoms with van der Waals surface area (Å²) >= 11 is 5.83. The van der Waals surface area contributed by atoms with Gasteiger partial charge in [-0.1, -0.05) is 17.7 Å². The smallest absolute Gasteiger partial charge is 0.169 e. The molecule has 1 heterocycles. The molecule has 6 heteroatoms. The second-order valence-electron chi connectivity index (χ2n) is 4.56. The fraction of sp³-hybridized carbons (Fsp3) is 0. The Morgan fingerprint density at radius 1 is 1.10 bits per heavy atom. The van der Waals surface area contributed by atoms with Crippen LogP contribution in [0, 0.1) is 5.82 Å². The van der Waals surface area contributed by atoms with Gasteiger partial charge in [0.1, 0.15) is 5.02 Å². The van der Waals surface area contributed by atoms with E-state index in [-0.39, 0.29) is 22.1 Å². The number of hydrogen-bond acceptors (Lipinski definition) is 4. The fourth-order valence-electron chi connectivity index (χ4n) is 2.14. The molecule has 0 unspecified atom stereocenters. The van der Waals surface area contributed by atoms with Crippen LogP contribution in [0.15, 0.2) is 42.6 Å². The molecule has 0 saturated heterocycles. The average Bonchev–Trinajstić information content (AvgIpc) is 2.49. The number of halogens is 2. The van der Waals surface area contributed by atoms with Gasteiger partial charge in [-0.2, -0.15) is 0 Å². The molecule has 0 amide bonds. The molecule has 3 aromatic rings. The molecule has 0 bridgehead atoms. The van der Waals surface area contributed by atoms with E-state index in [1.54, 1.807) is 6.20 Å². The van der Waals surface area contributed by atoms with Gasteiger partial charge < -0.3 is 16.8 Å². The highest BCUT2D eigenvalue weighted by Crippen LogP contribution is 2.36. The highest BCUT2D eigenvalue weighted by Gasteiger charge is 2.15. The van der Waals surface area contributed by atoms with Crippen molar-refractivity contribution in [2.24, 2.45) is 0 Å². The van der Waals surface area contributed by atoms with Crippen LogP contribution in [-0.4, -0.2) is 4.98 Å². The maximum absolute atomic E-state index is 14.2. The number of anilines is 4. The van der Waals surface area contributed by atoms with Crippen LogP contribution in [-0.2, 0) is 0 Å². The van der Waals surface area contributed by atoms with Crippen LogP contribution in [0.4, 0.5) is 27.1 Å². The molecule has 0 aliphatic heterocycles. The second-order valence-corrected chi connectivity index (χ2v) is 4.94. The van der Waals surface area contributed by atoms with Gasteiger partial charge >= 0.3 is 0 Å². The summed E-state index contributed by atoms with van der Waals surface area (Å²) in [5.74, 6) is -0.671. The molecule has 0 spiro atoms. The Hall–Kier alpha value is -2.53. The van der Waals surface area contributed by atoms with E-state index in [2.05, 4.69) is 10.3 Å². The van der Waals surface area contributed by atoms with E-state index in [9.17, 15) is 4.39 Å². The first-order valence-electron chi connectivity index (χ1n) is 6.21. The molecular weight excluding hydrogens is 291 g/mol. The lowest BCUT2D eigenvalue weighted by Crippen LogP contribution is -2.03. The monoisotopic (exact) mass is 302 g/mol. The van der Waals surface area contributed by atoms with Gasteiger partial charge in [0, 0.05) is 17.3 Å². The van der Waals surface area contributed by atoms with Crippen molar-refractivity contribution in [1.82, 2.24) is 4.98 Å². The quantitative estimate of drug-likeness (QED) is 0.627. The van der Waals surface area contributed by atoms with Crippen LogP contribution in [0.3, 0.4) is 0 Å². The van der Waals surface area contributed by atoms with Gasteiger partial charge in [-0.3, -0.25) is 4.98 Å². The van der Waals surface area contributed by atoms with E-state index in [4.69, 9.17) is 23.1 Å². The van der Waals surface area contributed by atoms with Crippen molar-refractivity contribution in [3.05, 3.63) is 53.4 Å². The normalized spacial score (nSPS) is 10.8. The van der Waals surface area contributed by atoms with Crippen molar-refractivity contribution in [3.63, 3.8) is 0 Å². The third kappa shape index (κ3) is 2.32. The Balaban J connectivity index is 2.14. The summed E-state index contributed by atoms with van der Waals surface area (Å²) in [6, 6.07) is 10.6. The zero-order valence-electron chi connectivity index (χ0n) is 10.9. The lowest BCUT2D eigenvalue weighted by atomic mass is 10.1. The molecule has 0 atom stereocenters. The largest absolute Gasteiger partial charge is 0.397 e. The maximum atomic E-state index is 14.2. The summed E-state index contributed by atoms with van der Waals surface area (Å²) < 4.78 is 14.2. The number of benzene rings is 2. The van der Waals surface area contributed by atoms with Crippen molar-refractivity contribution in [1.29, 1.82) is 0 Å². The zero-order chi connectivity index (χ0) is 15.0. The van der Waals surface area contributed by atoms with Crippen LogP contribution in [0.25, 0.3) is 10.9 Å². The van der Waals surface area contributed by atoms with Crippen molar-refractivity contribution in [3.8, 4) is 0 Å². The molecule has 0 saturated carbocycles. The predicted octanol–water partition coefficient (Wildman–Crippen LogP) is 3.94. The first-order valence-corrected chi connectivity index (χ1v) is 6.59. The highest BCUT2D eigenvalue weighted by molar-refractivity contribution is 6.33. The number of aromatic nitrogens is 1. The molecule has 0 fully saturated rings. The molecule has 4 nitrogen and oxygen atoms in total. The molecule has 3 rings (SSSR count). The second kappa shape index (κ2) is 5.10. The third-order valence-electron chi connectivity index (χ3n) is 3.17. The summed E-state index contributed by atoms with van der Waals surface area (Å²) in [6.07, 6.45) is 1.70. The Bertz CT molecular complexity index is 830. The number of pyridine rings is 1. The fourth-order valence-corrected chi connectivity index (χ4v) is 2.29. The summed E-state index contributed by atoms with van der Waals surface area (Å²) in [5.41, 5.74) is 13.3. The zero-order valence-corrected chi connectivity index (χ0v) is 11.7. The SMILES string of the molecule is Nc1cc(N)c(Nc2cccc3ncccc23)c(F)c1Cl. The van der Waals surface area contributed by atoms with Crippen LogP contribution >= 0.6 is 11.6 Å². The summed E-state index contributed by atoms with van der Waals surface area (Å²) in [5, 5.41) is 3.68. The molecular formula is C15H12ClFN4. The number of nitrogens with zero attached hydrogens (tertiary/aromatic N) is 1. The maximum Gasteiger partial charge on any atom is 0.169 e. The van der Waals surface area contributed by atoms with Crippen molar-refractivity contribution in [2.45, 2.75) is 0 Å². The number of nitrogens with two attached hydrogens (primary N) is 2. The standard InChI is InChI=1S/C15H12ClFN4/c16-13-9(18)7-10(19)15(14(13)17)21-12-5-1-4-11-8(12)3-2-6-20-11/h1-7,21H,18-19H2. The topological polar surface area (TPSA) is 77.0 Å². The minimum atomic E-state index is -0.671. The summed E-state index contributed by atoms with van der Waals surface area (Å²) in [4.78, 5) is 4.25. The van der Waals surface area contributed by atoms with Crippen molar-refractivity contribution < 1.29 is 4.39 Å². The minimum Gasteiger partial charge on any atom is -0.397 e. The van der Waals surface area contributed by atoms with Crippen LogP contribution in [0.2, 0.25) is 5.02 Å². The summed E-state index contributed by atoms with van der Waals surface area (Å²) in [6.45, 7) is 0. The van der Waals surface area contributed by atoms with E-state index >= 15 is 0 Å². The Labute approximate surface area is 125 Å². The van der Waals surface area contributed by atoms with Crippen molar-refractivity contribution in [2.75, 3.05) is 16.8 Å². The summed E-state index contributed by atoms with van der Waals surface area (Å²) in [7, 11) is 0. The van der Waals surface area contributed by atoms with Gasteiger partial charge in [-0.05, 0) is 30.3 Å².